The number of nitrogens with one attached hydrogen (secondary N) is 1. The molecule has 0 fully saturated rings. The average Bonchev–Trinajstić information content (AvgIpc) is 2.46. The molecule has 0 saturated carbocycles. The van der Waals surface area contributed by atoms with Crippen LogP contribution in [0.15, 0.2) is 24.3 Å². The quantitative estimate of drug-likeness (QED) is 0.679. The maximum absolute atomic E-state index is 9.14. The smallest absolute Gasteiger partial charge is 0.119 e. The van der Waals surface area contributed by atoms with Crippen molar-refractivity contribution in [3.8, 4) is 11.8 Å². The van der Waals surface area contributed by atoms with Gasteiger partial charge in [0.1, 0.15) is 11.3 Å². The molecule has 0 saturated heterocycles. The minimum absolute atomic E-state index is 0.164. The van der Waals surface area contributed by atoms with E-state index in [1.165, 1.54) is 0 Å². The molecule has 0 aliphatic heterocycles. The number of rotatable bonds is 9. The van der Waals surface area contributed by atoms with E-state index < -0.39 is 5.54 Å². The van der Waals surface area contributed by atoms with Crippen LogP contribution in [0, 0.1) is 11.3 Å². The fourth-order valence-electron chi connectivity index (χ4n) is 2.07. The minimum atomic E-state index is -0.469. The number of benzene rings is 1. The van der Waals surface area contributed by atoms with Gasteiger partial charge in [-0.25, -0.2) is 0 Å². The van der Waals surface area contributed by atoms with E-state index in [9.17, 15) is 0 Å². The summed E-state index contributed by atoms with van der Waals surface area (Å²) in [4.78, 5) is 0. The molecule has 4 heteroatoms. The molecule has 4 nitrogen and oxygen atoms in total. The largest absolute Gasteiger partial charge is 0.494 e. The molecule has 0 spiro atoms. The lowest BCUT2D eigenvalue weighted by molar-refractivity contribution is 0.286. The molecule has 0 bridgehead atoms. The highest BCUT2D eigenvalue weighted by atomic mass is 16.5. The number of hydrogen-bond donors (Lipinski definition) is 2. The number of hydrogen-bond acceptors (Lipinski definition) is 4. The first-order valence-corrected chi connectivity index (χ1v) is 7.12. The molecular weight excluding hydrogens is 252 g/mol. The van der Waals surface area contributed by atoms with Gasteiger partial charge >= 0.3 is 0 Å². The first-order chi connectivity index (χ1) is 9.63. The second-order valence-corrected chi connectivity index (χ2v) is 5.04. The normalized spacial score (nSPS) is 13.5. The van der Waals surface area contributed by atoms with Crippen molar-refractivity contribution in [2.75, 3.05) is 19.8 Å². The van der Waals surface area contributed by atoms with Crippen LogP contribution in [0.4, 0.5) is 0 Å². The summed E-state index contributed by atoms with van der Waals surface area (Å²) in [7, 11) is 0. The molecule has 1 atom stereocenters. The standard InChI is InChI=1S/C16H24N2O2/c1-3-18-16(2,13-17)10-4-12-20-15-7-5-14(6-8-15)9-11-19/h5-8,18-19H,3-4,9-12H2,1-2H3. The van der Waals surface area contributed by atoms with E-state index in [2.05, 4.69) is 11.4 Å². The van der Waals surface area contributed by atoms with Gasteiger partial charge in [-0.15, -0.1) is 0 Å². The van der Waals surface area contributed by atoms with Gasteiger partial charge in [0.05, 0.1) is 12.7 Å². The zero-order valence-electron chi connectivity index (χ0n) is 12.4. The van der Waals surface area contributed by atoms with Crippen molar-refractivity contribution in [2.45, 2.75) is 38.6 Å². The van der Waals surface area contributed by atoms with Crippen LogP contribution >= 0.6 is 0 Å². The van der Waals surface area contributed by atoms with Gasteiger partial charge < -0.3 is 9.84 Å². The summed E-state index contributed by atoms with van der Waals surface area (Å²) in [5.41, 5.74) is 0.632. The zero-order valence-corrected chi connectivity index (χ0v) is 12.4. The molecule has 1 aromatic rings. The Labute approximate surface area is 121 Å². The number of nitrogens with zero attached hydrogens (tertiary/aromatic N) is 1. The Balaban J connectivity index is 2.32. The van der Waals surface area contributed by atoms with E-state index in [4.69, 9.17) is 15.1 Å². The molecule has 2 N–H and O–H groups in total. The Bertz CT molecular complexity index is 425. The van der Waals surface area contributed by atoms with Crippen molar-refractivity contribution in [3.05, 3.63) is 29.8 Å². The summed E-state index contributed by atoms with van der Waals surface area (Å²) in [6.07, 6.45) is 2.26. The summed E-state index contributed by atoms with van der Waals surface area (Å²) >= 11 is 0. The highest BCUT2D eigenvalue weighted by Gasteiger charge is 2.21. The van der Waals surface area contributed by atoms with Crippen molar-refractivity contribution in [1.29, 1.82) is 5.26 Å². The SMILES string of the molecule is CCNC(C)(C#N)CCCOc1ccc(CCO)cc1. The van der Waals surface area contributed by atoms with E-state index in [1.807, 2.05) is 38.1 Å². The van der Waals surface area contributed by atoms with E-state index in [0.29, 0.717) is 13.0 Å². The Kier molecular flexibility index (Phi) is 7.06. The molecule has 1 aromatic carbocycles. The fourth-order valence-corrected chi connectivity index (χ4v) is 2.07. The van der Waals surface area contributed by atoms with Gasteiger partial charge in [0.25, 0.3) is 0 Å². The molecule has 0 radical (unpaired) electrons. The Morgan fingerprint density at radius 3 is 2.60 bits per heavy atom. The molecule has 0 amide bonds. The summed E-state index contributed by atoms with van der Waals surface area (Å²) in [6.45, 7) is 5.47. The van der Waals surface area contributed by atoms with Crippen LogP contribution in [0.5, 0.6) is 5.75 Å². The molecule has 20 heavy (non-hydrogen) atoms. The molecule has 0 heterocycles. The first kappa shape index (κ1) is 16.5. The molecular formula is C16H24N2O2. The number of ether oxygens (including phenoxy) is 1. The van der Waals surface area contributed by atoms with Crippen LogP contribution in [-0.4, -0.2) is 30.4 Å². The highest BCUT2D eigenvalue weighted by Crippen LogP contribution is 2.15. The van der Waals surface area contributed by atoms with E-state index in [0.717, 1.165) is 30.7 Å². The van der Waals surface area contributed by atoms with Gasteiger partial charge in [0.2, 0.25) is 0 Å². The van der Waals surface area contributed by atoms with Crippen LogP contribution in [0.3, 0.4) is 0 Å². The van der Waals surface area contributed by atoms with Crippen LogP contribution in [-0.2, 0) is 6.42 Å². The van der Waals surface area contributed by atoms with Crippen molar-refractivity contribution in [2.24, 2.45) is 0 Å². The van der Waals surface area contributed by atoms with Gasteiger partial charge in [-0.2, -0.15) is 5.26 Å². The summed E-state index contributed by atoms with van der Waals surface area (Å²) in [6, 6.07) is 10.1. The third-order valence-electron chi connectivity index (χ3n) is 3.23. The van der Waals surface area contributed by atoms with Crippen molar-refractivity contribution in [3.63, 3.8) is 0 Å². The maximum atomic E-state index is 9.14. The average molecular weight is 276 g/mol. The second-order valence-electron chi connectivity index (χ2n) is 5.04. The van der Waals surface area contributed by atoms with E-state index >= 15 is 0 Å². The summed E-state index contributed by atoms with van der Waals surface area (Å²) in [5, 5.41) is 21.2. The van der Waals surface area contributed by atoms with Gasteiger partial charge in [-0.05, 0) is 50.4 Å². The lowest BCUT2D eigenvalue weighted by Gasteiger charge is -2.22. The van der Waals surface area contributed by atoms with Crippen LogP contribution in [0.2, 0.25) is 0 Å². The van der Waals surface area contributed by atoms with E-state index in [-0.39, 0.29) is 6.61 Å². The van der Waals surface area contributed by atoms with Gasteiger partial charge in [-0.1, -0.05) is 19.1 Å². The van der Waals surface area contributed by atoms with Gasteiger partial charge in [0, 0.05) is 6.61 Å². The predicted octanol–water partition coefficient (Wildman–Crippen LogP) is 2.27. The Hall–Kier alpha value is -1.57. The summed E-state index contributed by atoms with van der Waals surface area (Å²) in [5.74, 6) is 0.828. The highest BCUT2D eigenvalue weighted by molar-refractivity contribution is 5.27. The molecule has 0 aliphatic carbocycles. The van der Waals surface area contributed by atoms with Crippen LogP contribution in [0.1, 0.15) is 32.3 Å². The zero-order chi connectivity index (χ0) is 14.8. The number of nitriles is 1. The molecule has 0 aromatic heterocycles. The topological polar surface area (TPSA) is 65.3 Å². The van der Waals surface area contributed by atoms with Crippen molar-refractivity contribution in [1.82, 2.24) is 5.32 Å². The van der Waals surface area contributed by atoms with Crippen molar-refractivity contribution >= 4 is 0 Å². The molecule has 1 rings (SSSR count). The summed E-state index contributed by atoms with van der Waals surface area (Å²) < 4.78 is 5.66. The molecule has 110 valence electrons. The lowest BCUT2D eigenvalue weighted by Crippen LogP contribution is -2.40. The van der Waals surface area contributed by atoms with Crippen molar-refractivity contribution < 1.29 is 9.84 Å². The molecule has 1 unspecified atom stereocenters. The Morgan fingerprint density at radius 1 is 1.35 bits per heavy atom. The third-order valence-corrected chi connectivity index (χ3v) is 3.23. The Morgan fingerprint density at radius 2 is 2.05 bits per heavy atom. The minimum Gasteiger partial charge on any atom is -0.494 e. The number of aliphatic hydroxyl groups excluding tert-OH is 1. The van der Waals surface area contributed by atoms with Gasteiger partial charge in [-0.3, -0.25) is 5.32 Å². The van der Waals surface area contributed by atoms with Gasteiger partial charge in [0.15, 0.2) is 0 Å². The monoisotopic (exact) mass is 276 g/mol. The fraction of sp³-hybridized carbons (Fsp3) is 0.562. The molecule has 0 aliphatic rings. The van der Waals surface area contributed by atoms with E-state index in [1.54, 1.807) is 0 Å². The lowest BCUT2D eigenvalue weighted by atomic mass is 9.98. The predicted molar refractivity (Wildman–Crippen MR) is 79.7 cm³/mol. The second kappa shape index (κ2) is 8.57. The first-order valence-electron chi connectivity index (χ1n) is 7.12. The number of aliphatic hydroxyl groups is 1. The van der Waals surface area contributed by atoms with Crippen LogP contribution < -0.4 is 10.1 Å². The maximum Gasteiger partial charge on any atom is 0.119 e. The van der Waals surface area contributed by atoms with Crippen LogP contribution in [0.25, 0.3) is 0 Å². The third kappa shape index (κ3) is 5.60.